The Morgan fingerprint density at radius 2 is 0.861 bits per heavy atom. The summed E-state index contributed by atoms with van der Waals surface area (Å²) < 4.78 is 0. The highest BCUT2D eigenvalue weighted by atomic mass is 14.7. The van der Waals surface area contributed by atoms with Crippen LogP contribution in [0.1, 0.15) is 101 Å². The second kappa shape index (κ2) is 18.0. The highest BCUT2D eigenvalue weighted by Gasteiger charge is 1.96. The largest absolute Gasteiger partial charge is 0.264 e. The molecule has 0 aliphatic rings. The second-order valence-corrected chi connectivity index (χ2v) is 9.86. The van der Waals surface area contributed by atoms with Gasteiger partial charge in [-0.05, 0) is 64.6 Å². The molecule has 0 aliphatic heterocycles. The van der Waals surface area contributed by atoms with Crippen LogP contribution in [0.3, 0.4) is 0 Å². The molecule has 0 bridgehead atoms. The van der Waals surface area contributed by atoms with Crippen molar-refractivity contribution in [3.8, 4) is 0 Å². The third-order valence-electron chi connectivity index (χ3n) is 5.45. The zero-order valence-corrected chi connectivity index (χ0v) is 23.5. The number of rotatable bonds is 4. The fraction of sp³-hybridized carbons (Fsp3) is 0.364. The van der Waals surface area contributed by atoms with E-state index in [-0.39, 0.29) is 0 Å². The lowest BCUT2D eigenvalue weighted by molar-refractivity contribution is 0.823. The summed E-state index contributed by atoms with van der Waals surface area (Å²) in [6.45, 7) is 17.3. The molecule has 0 amide bonds. The monoisotopic (exact) mass is 483 g/mol. The van der Waals surface area contributed by atoms with Crippen LogP contribution >= 0.6 is 0 Å². The second-order valence-electron chi connectivity index (χ2n) is 9.86. The average Bonchev–Trinajstić information content (AvgIpc) is 2.92. The van der Waals surface area contributed by atoms with Crippen LogP contribution in [0.2, 0.25) is 0 Å². The van der Waals surface area contributed by atoms with Gasteiger partial charge in [0.1, 0.15) is 0 Å². The van der Waals surface area contributed by atoms with Crippen molar-refractivity contribution < 1.29 is 0 Å². The van der Waals surface area contributed by atoms with E-state index in [1.807, 2.05) is 55.0 Å². The fourth-order valence-electron chi connectivity index (χ4n) is 2.99. The fourth-order valence-corrected chi connectivity index (χ4v) is 2.99. The average molecular weight is 484 g/mol. The Balaban J connectivity index is 0.000000240. The van der Waals surface area contributed by atoms with Crippen LogP contribution in [0, 0.1) is 0 Å². The third-order valence-corrected chi connectivity index (χ3v) is 5.45. The lowest BCUT2D eigenvalue weighted by Crippen LogP contribution is -1.88. The number of aromatic nitrogens is 3. The van der Waals surface area contributed by atoms with Gasteiger partial charge in [-0.15, -0.1) is 0 Å². The van der Waals surface area contributed by atoms with Crippen molar-refractivity contribution in [2.45, 2.75) is 79.1 Å². The van der Waals surface area contributed by atoms with E-state index < -0.39 is 0 Å². The molecule has 0 radical (unpaired) electrons. The van der Waals surface area contributed by atoms with Crippen LogP contribution in [-0.2, 0) is 0 Å². The Bertz CT molecular complexity index is 840. The topological polar surface area (TPSA) is 38.7 Å². The highest BCUT2D eigenvalue weighted by molar-refractivity contribution is 5.17. The molecule has 0 unspecified atom stereocenters. The van der Waals surface area contributed by atoms with E-state index in [0.29, 0.717) is 23.7 Å². The summed E-state index contributed by atoms with van der Waals surface area (Å²) in [6, 6.07) is 24.6. The zero-order chi connectivity index (χ0) is 26.8. The molecule has 192 valence electrons. The Labute approximate surface area is 220 Å². The molecule has 0 spiro atoms. The van der Waals surface area contributed by atoms with Crippen LogP contribution in [-0.4, -0.2) is 15.0 Å². The standard InChI is InChI=1S/C9H12.3C8H11N/c1-8(2)9-6-4-3-5-7-9;2*1-7(2)8-4-3-5-9-6-8;1-7(2)8-5-3-4-6-9-8/h3-8H,1-2H3;3*3-7H,1-2H3. The Kier molecular flexibility index (Phi) is 15.4. The molecule has 4 aromatic rings. The van der Waals surface area contributed by atoms with E-state index in [1.165, 1.54) is 16.7 Å². The quantitative estimate of drug-likeness (QED) is 0.290. The van der Waals surface area contributed by atoms with Gasteiger partial charge in [0.2, 0.25) is 0 Å². The lowest BCUT2D eigenvalue weighted by atomic mass is 10.0. The van der Waals surface area contributed by atoms with Gasteiger partial charge < -0.3 is 0 Å². The van der Waals surface area contributed by atoms with Crippen molar-refractivity contribution in [3.05, 3.63) is 126 Å². The van der Waals surface area contributed by atoms with E-state index >= 15 is 0 Å². The number of hydrogen-bond donors (Lipinski definition) is 0. The van der Waals surface area contributed by atoms with Gasteiger partial charge >= 0.3 is 0 Å². The molecule has 3 aromatic heterocycles. The number of benzene rings is 1. The van der Waals surface area contributed by atoms with Gasteiger partial charge in [0.15, 0.2) is 0 Å². The summed E-state index contributed by atoms with van der Waals surface area (Å²) in [4.78, 5) is 12.2. The van der Waals surface area contributed by atoms with Gasteiger partial charge in [0, 0.05) is 36.7 Å². The van der Waals surface area contributed by atoms with Crippen molar-refractivity contribution in [3.63, 3.8) is 0 Å². The summed E-state index contributed by atoms with van der Waals surface area (Å²) in [5.41, 5.74) is 5.19. The number of hydrogen-bond acceptors (Lipinski definition) is 3. The van der Waals surface area contributed by atoms with E-state index in [1.54, 1.807) is 12.4 Å². The molecule has 3 heterocycles. The summed E-state index contributed by atoms with van der Waals surface area (Å²) in [5, 5.41) is 0. The predicted molar refractivity (Wildman–Crippen MR) is 156 cm³/mol. The van der Waals surface area contributed by atoms with Gasteiger partial charge in [-0.25, -0.2) is 0 Å². The minimum atomic E-state index is 0.547. The van der Waals surface area contributed by atoms with Crippen LogP contribution in [0.15, 0.2) is 104 Å². The van der Waals surface area contributed by atoms with E-state index in [9.17, 15) is 0 Å². The highest BCUT2D eigenvalue weighted by Crippen LogP contribution is 2.12. The van der Waals surface area contributed by atoms with Gasteiger partial charge in [0.25, 0.3) is 0 Å². The maximum atomic E-state index is 4.18. The van der Waals surface area contributed by atoms with Crippen molar-refractivity contribution in [1.82, 2.24) is 15.0 Å². The van der Waals surface area contributed by atoms with Gasteiger partial charge in [-0.3, -0.25) is 15.0 Å². The molecule has 4 rings (SSSR count). The summed E-state index contributed by atoms with van der Waals surface area (Å²) in [6.07, 6.45) is 9.24. The molecule has 1 aromatic carbocycles. The SMILES string of the molecule is CC(C)c1ccccc1.CC(C)c1ccccn1.CC(C)c1cccnc1.CC(C)c1cccnc1. The molecule has 3 nitrogen and oxygen atoms in total. The van der Waals surface area contributed by atoms with Crippen molar-refractivity contribution >= 4 is 0 Å². The first-order valence-corrected chi connectivity index (χ1v) is 13.0. The molecule has 0 fully saturated rings. The molecular weight excluding hydrogens is 438 g/mol. The smallest absolute Gasteiger partial charge is 0.0428 e. The van der Waals surface area contributed by atoms with Crippen LogP contribution in [0.4, 0.5) is 0 Å². The first-order valence-electron chi connectivity index (χ1n) is 13.0. The molecule has 0 atom stereocenters. The number of pyridine rings is 3. The van der Waals surface area contributed by atoms with Gasteiger partial charge in [0.05, 0.1) is 0 Å². The van der Waals surface area contributed by atoms with Crippen molar-refractivity contribution in [2.24, 2.45) is 0 Å². The van der Waals surface area contributed by atoms with E-state index in [4.69, 9.17) is 0 Å². The first kappa shape index (κ1) is 30.7. The predicted octanol–water partition coefficient (Wildman–Crippen LogP) is 9.43. The molecule has 36 heavy (non-hydrogen) atoms. The van der Waals surface area contributed by atoms with Crippen LogP contribution < -0.4 is 0 Å². The maximum Gasteiger partial charge on any atom is 0.0428 e. The molecule has 3 heteroatoms. The van der Waals surface area contributed by atoms with Crippen LogP contribution in [0.5, 0.6) is 0 Å². The van der Waals surface area contributed by atoms with Crippen LogP contribution in [0.25, 0.3) is 0 Å². The normalized spacial score (nSPS) is 10.1. The summed E-state index contributed by atoms with van der Waals surface area (Å²) in [7, 11) is 0. The van der Waals surface area contributed by atoms with Crippen molar-refractivity contribution in [2.75, 3.05) is 0 Å². The Morgan fingerprint density at radius 1 is 0.417 bits per heavy atom. The van der Waals surface area contributed by atoms with Crippen molar-refractivity contribution in [1.29, 1.82) is 0 Å². The van der Waals surface area contributed by atoms with Gasteiger partial charge in [-0.2, -0.15) is 0 Å². The number of nitrogens with zero attached hydrogens (tertiary/aromatic N) is 3. The Morgan fingerprint density at radius 3 is 1.11 bits per heavy atom. The third kappa shape index (κ3) is 13.5. The summed E-state index contributed by atoms with van der Waals surface area (Å²) in [5.74, 6) is 2.40. The zero-order valence-electron chi connectivity index (χ0n) is 23.5. The Hall–Kier alpha value is -3.33. The first-order chi connectivity index (χ1) is 17.2. The minimum Gasteiger partial charge on any atom is -0.264 e. The molecule has 0 aliphatic carbocycles. The molecule has 0 saturated carbocycles. The molecular formula is C33H45N3. The molecule has 0 N–H and O–H groups in total. The lowest BCUT2D eigenvalue weighted by Gasteiger charge is -2.01. The van der Waals surface area contributed by atoms with E-state index in [0.717, 1.165) is 5.69 Å². The maximum absolute atomic E-state index is 4.18. The van der Waals surface area contributed by atoms with Gasteiger partial charge in [-0.1, -0.05) is 104 Å². The summed E-state index contributed by atoms with van der Waals surface area (Å²) >= 11 is 0. The molecule has 0 saturated heterocycles. The van der Waals surface area contributed by atoms with E-state index in [2.05, 4.69) is 107 Å². The minimum absolute atomic E-state index is 0.547.